The molecule has 0 amide bonds. The molecule has 0 N–H and O–H groups in total. The summed E-state index contributed by atoms with van der Waals surface area (Å²) in [5.41, 5.74) is 4.01. The van der Waals surface area contributed by atoms with E-state index in [1.165, 1.54) is 12.1 Å². The highest BCUT2D eigenvalue weighted by molar-refractivity contribution is 6.31. The summed E-state index contributed by atoms with van der Waals surface area (Å²) in [6, 6.07) is 17.6. The summed E-state index contributed by atoms with van der Waals surface area (Å²) in [6.45, 7) is 0.343. The molecule has 4 aromatic rings. The van der Waals surface area contributed by atoms with Gasteiger partial charge in [-0.2, -0.15) is 5.10 Å². The van der Waals surface area contributed by atoms with Crippen LogP contribution in [0.25, 0.3) is 22.5 Å². The molecular weight excluding hydrogens is 459 g/mol. The molecule has 0 saturated carbocycles. The van der Waals surface area contributed by atoms with Gasteiger partial charge in [0.15, 0.2) is 23.0 Å². The zero-order valence-corrected chi connectivity index (χ0v) is 20.0. The van der Waals surface area contributed by atoms with Crippen LogP contribution in [0.3, 0.4) is 0 Å². The Morgan fingerprint density at radius 1 is 0.735 bits per heavy atom. The third-order valence-corrected chi connectivity index (χ3v) is 5.83. The molecule has 0 bridgehead atoms. The van der Waals surface area contributed by atoms with Crippen LogP contribution in [0.4, 0.5) is 4.39 Å². The van der Waals surface area contributed by atoms with Crippen LogP contribution in [-0.4, -0.2) is 38.2 Å². The van der Waals surface area contributed by atoms with E-state index in [-0.39, 0.29) is 5.82 Å². The lowest BCUT2D eigenvalue weighted by Gasteiger charge is -2.12. The smallest absolute Gasteiger partial charge is 0.161 e. The molecule has 3 aromatic carbocycles. The monoisotopic (exact) mass is 482 g/mol. The Bertz CT molecular complexity index is 1320. The average molecular weight is 483 g/mol. The molecule has 0 aliphatic carbocycles. The standard InChI is InChI=1S/C26H24ClFN2O4/c1-31-23-9-6-16(11-25(23)33-3)21-14-22(17-7-10-24(32-2)26(12-17)34-4)30(29-21)15-18-5-8-19(28)13-20(18)27/h5-14H,15H2,1-4H3. The van der Waals surface area contributed by atoms with Gasteiger partial charge < -0.3 is 18.9 Å². The minimum atomic E-state index is -0.389. The van der Waals surface area contributed by atoms with E-state index in [9.17, 15) is 4.39 Å². The maximum Gasteiger partial charge on any atom is 0.161 e. The van der Waals surface area contributed by atoms with Gasteiger partial charge in [0.25, 0.3) is 0 Å². The van der Waals surface area contributed by atoms with Gasteiger partial charge in [0, 0.05) is 16.1 Å². The summed E-state index contributed by atoms with van der Waals surface area (Å²) < 4.78 is 37.1. The second-order valence-electron chi connectivity index (χ2n) is 7.45. The second-order valence-corrected chi connectivity index (χ2v) is 7.85. The molecule has 4 rings (SSSR count). The molecule has 6 nitrogen and oxygen atoms in total. The SMILES string of the molecule is COc1ccc(-c2cc(-c3ccc(OC)c(OC)c3)n(Cc3ccc(F)cc3Cl)n2)cc1OC. The molecule has 0 fully saturated rings. The Labute approximate surface area is 202 Å². The van der Waals surface area contributed by atoms with Crippen LogP contribution in [0.2, 0.25) is 5.02 Å². The van der Waals surface area contributed by atoms with Gasteiger partial charge >= 0.3 is 0 Å². The van der Waals surface area contributed by atoms with E-state index in [1.807, 2.05) is 47.1 Å². The summed E-state index contributed by atoms with van der Waals surface area (Å²) in [4.78, 5) is 0. The maximum absolute atomic E-state index is 13.6. The molecule has 0 aliphatic rings. The number of hydrogen-bond donors (Lipinski definition) is 0. The zero-order chi connectivity index (χ0) is 24.2. The van der Waals surface area contributed by atoms with Crippen LogP contribution in [0.15, 0.2) is 60.7 Å². The van der Waals surface area contributed by atoms with Crippen molar-refractivity contribution >= 4 is 11.6 Å². The van der Waals surface area contributed by atoms with Crippen molar-refractivity contribution in [1.29, 1.82) is 0 Å². The number of hydrogen-bond acceptors (Lipinski definition) is 5. The Morgan fingerprint density at radius 3 is 1.91 bits per heavy atom. The van der Waals surface area contributed by atoms with E-state index in [0.717, 1.165) is 28.1 Å². The number of aromatic nitrogens is 2. The van der Waals surface area contributed by atoms with Crippen LogP contribution in [0, 0.1) is 5.82 Å². The second kappa shape index (κ2) is 10.1. The van der Waals surface area contributed by atoms with Crippen molar-refractivity contribution in [1.82, 2.24) is 9.78 Å². The minimum Gasteiger partial charge on any atom is -0.493 e. The molecule has 0 spiro atoms. The Morgan fingerprint density at radius 2 is 1.32 bits per heavy atom. The van der Waals surface area contributed by atoms with Gasteiger partial charge in [-0.25, -0.2) is 4.39 Å². The molecule has 1 heterocycles. The van der Waals surface area contributed by atoms with Crippen molar-refractivity contribution in [2.45, 2.75) is 6.54 Å². The number of ether oxygens (including phenoxy) is 4. The predicted molar refractivity (Wildman–Crippen MR) is 130 cm³/mol. The van der Waals surface area contributed by atoms with E-state index in [4.69, 9.17) is 35.6 Å². The molecule has 34 heavy (non-hydrogen) atoms. The fraction of sp³-hybridized carbons (Fsp3) is 0.192. The van der Waals surface area contributed by atoms with Gasteiger partial charge in [-0.3, -0.25) is 4.68 Å². The highest BCUT2D eigenvalue weighted by atomic mass is 35.5. The summed E-state index contributed by atoms with van der Waals surface area (Å²) in [5.74, 6) is 2.06. The van der Waals surface area contributed by atoms with Crippen molar-refractivity contribution < 1.29 is 23.3 Å². The highest BCUT2D eigenvalue weighted by Crippen LogP contribution is 2.36. The van der Waals surface area contributed by atoms with Crippen LogP contribution in [-0.2, 0) is 6.54 Å². The molecule has 0 aliphatic heterocycles. The Balaban J connectivity index is 1.84. The van der Waals surface area contributed by atoms with Crippen LogP contribution < -0.4 is 18.9 Å². The Kier molecular flexibility index (Phi) is 6.93. The van der Waals surface area contributed by atoms with Crippen molar-refractivity contribution in [2.24, 2.45) is 0 Å². The van der Waals surface area contributed by atoms with Gasteiger partial charge in [0.05, 0.1) is 46.4 Å². The van der Waals surface area contributed by atoms with Gasteiger partial charge in [-0.15, -0.1) is 0 Å². The van der Waals surface area contributed by atoms with Crippen molar-refractivity contribution in [2.75, 3.05) is 28.4 Å². The minimum absolute atomic E-state index is 0.335. The van der Waals surface area contributed by atoms with Gasteiger partial charge in [0.1, 0.15) is 5.82 Å². The summed E-state index contributed by atoms with van der Waals surface area (Å²) in [6.07, 6.45) is 0. The van der Waals surface area contributed by atoms with E-state index in [2.05, 4.69) is 0 Å². The lowest BCUT2D eigenvalue weighted by molar-refractivity contribution is 0.355. The van der Waals surface area contributed by atoms with Crippen molar-refractivity contribution in [3.63, 3.8) is 0 Å². The lowest BCUT2D eigenvalue weighted by Crippen LogP contribution is -2.05. The first kappa shape index (κ1) is 23.4. The third kappa shape index (κ3) is 4.65. The molecule has 0 atom stereocenters. The summed E-state index contributed by atoms with van der Waals surface area (Å²) in [5, 5.41) is 5.18. The predicted octanol–water partition coefficient (Wildman–Crippen LogP) is 6.09. The molecular formula is C26H24ClFN2O4. The van der Waals surface area contributed by atoms with E-state index >= 15 is 0 Å². The highest BCUT2D eigenvalue weighted by Gasteiger charge is 2.17. The number of halogens is 2. The number of nitrogens with zero attached hydrogens (tertiary/aromatic N) is 2. The number of methoxy groups -OCH3 is 4. The normalized spacial score (nSPS) is 10.8. The number of rotatable bonds is 8. The van der Waals surface area contributed by atoms with E-state index in [1.54, 1.807) is 34.5 Å². The van der Waals surface area contributed by atoms with Gasteiger partial charge in [-0.1, -0.05) is 17.7 Å². The van der Waals surface area contributed by atoms with Crippen molar-refractivity contribution in [3.05, 3.63) is 77.1 Å². The first-order valence-electron chi connectivity index (χ1n) is 10.4. The molecule has 0 saturated heterocycles. The van der Waals surface area contributed by atoms with Crippen LogP contribution in [0.5, 0.6) is 23.0 Å². The quantitative estimate of drug-likeness (QED) is 0.304. The lowest BCUT2D eigenvalue weighted by atomic mass is 10.1. The summed E-state index contributed by atoms with van der Waals surface area (Å²) in [7, 11) is 6.36. The summed E-state index contributed by atoms with van der Waals surface area (Å²) >= 11 is 6.31. The molecule has 176 valence electrons. The zero-order valence-electron chi connectivity index (χ0n) is 19.3. The topological polar surface area (TPSA) is 54.7 Å². The van der Waals surface area contributed by atoms with Gasteiger partial charge in [-0.05, 0) is 60.2 Å². The van der Waals surface area contributed by atoms with Crippen LogP contribution in [0.1, 0.15) is 5.56 Å². The fourth-order valence-corrected chi connectivity index (χ4v) is 3.94. The molecule has 0 radical (unpaired) electrons. The molecule has 0 unspecified atom stereocenters. The van der Waals surface area contributed by atoms with E-state index in [0.29, 0.717) is 34.6 Å². The Hall–Kier alpha value is -3.71. The van der Waals surface area contributed by atoms with Crippen LogP contribution >= 0.6 is 11.6 Å². The average Bonchev–Trinajstić information content (AvgIpc) is 3.28. The van der Waals surface area contributed by atoms with Gasteiger partial charge in [0.2, 0.25) is 0 Å². The molecule has 1 aromatic heterocycles. The first-order valence-corrected chi connectivity index (χ1v) is 10.8. The fourth-order valence-electron chi connectivity index (χ4n) is 3.71. The molecule has 8 heteroatoms. The first-order chi connectivity index (χ1) is 16.5. The van der Waals surface area contributed by atoms with Crippen molar-refractivity contribution in [3.8, 4) is 45.5 Å². The third-order valence-electron chi connectivity index (χ3n) is 5.47. The maximum atomic E-state index is 13.6. The van der Waals surface area contributed by atoms with E-state index < -0.39 is 0 Å². The number of benzene rings is 3. The largest absolute Gasteiger partial charge is 0.493 e.